The second-order valence-corrected chi connectivity index (χ2v) is 9.70. The number of ether oxygens (including phenoxy) is 1. The number of rotatable bonds is 5. The average Bonchev–Trinajstić information content (AvgIpc) is 2.79. The summed E-state index contributed by atoms with van der Waals surface area (Å²) in [7, 11) is -3.68. The van der Waals surface area contributed by atoms with Crippen LogP contribution in [0.15, 0.2) is 65.6 Å². The van der Waals surface area contributed by atoms with Crippen LogP contribution in [0, 0.1) is 6.92 Å². The minimum Gasteiger partial charge on any atom is -0.379 e. The van der Waals surface area contributed by atoms with Gasteiger partial charge in [0.15, 0.2) is 0 Å². The molecule has 31 heavy (non-hydrogen) atoms. The lowest BCUT2D eigenvalue weighted by Crippen LogP contribution is -2.41. The summed E-state index contributed by atoms with van der Waals surface area (Å²) >= 11 is 0. The van der Waals surface area contributed by atoms with Gasteiger partial charge in [-0.2, -0.15) is 4.31 Å². The van der Waals surface area contributed by atoms with E-state index < -0.39 is 10.0 Å². The predicted octanol–water partition coefficient (Wildman–Crippen LogP) is 3.66. The van der Waals surface area contributed by atoms with Gasteiger partial charge in [0, 0.05) is 18.7 Å². The third-order valence-electron chi connectivity index (χ3n) is 5.66. The standard InChI is InChI=1S/C24H26N2O4S/c1-17-7-8-22(16-23(17)31(28,29)26-11-13-30-14-12-26)24(27)25-18(2)20-10-9-19-5-3-4-6-21(19)15-20/h3-10,15-16,18H,11-14H2,1-2H3,(H,25,27). The molecule has 1 fully saturated rings. The van der Waals surface area contributed by atoms with Crippen LogP contribution >= 0.6 is 0 Å². The maximum Gasteiger partial charge on any atom is 0.251 e. The molecule has 1 atom stereocenters. The molecular formula is C24H26N2O4S. The number of benzene rings is 3. The molecule has 0 bridgehead atoms. The summed E-state index contributed by atoms with van der Waals surface area (Å²) in [6, 6.07) is 18.7. The Morgan fingerprint density at radius 1 is 1.00 bits per heavy atom. The smallest absolute Gasteiger partial charge is 0.251 e. The van der Waals surface area contributed by atoms with Crippen molar-refractivity contribution in [2.75, 3.05) is 26.3 Å². The first-order valence-electron chi connectivity index (χ1n) is 10.3. The summed E-state index contributed by atoms with van der Waals surface area (Å²) in [4.78, 5) is 13.1. The van der Waals surface area contributed by atoms with Gasteiger partial charge in [-0.3, -0.25) is 4.79 Å². The molecule has 0 spiro atoms. The minimum absolute atomic E-state index is 0.167. The Hall–Kier alpha value is -2.74. The Labute approximate surface area is 182 Å². The number of fused-ring (bicyclic) bond motifs is 1. The van der Waals surface area contributed by atoms with E-state index in [-0.39, 0.29) is 16.8 Å². The summed E-state index contributed by atoms with van der Waals surface area (Å²) in [6.45, 7) is 5.05. The zero-order valence-electron chi connectivity index (χ0n) is 17.7. The lowest BCUT2D eigenvalue weighted by molar-refractivity contribution is 0.0730. The first-order valence-corrected chi connectivity index (χ1v) is 11.8. The third-order valence-corrected chi connectivity index (χ3v) is 7.70. The fourth-order valence-corrected chi connectivity index (χ4v) is 5.44. The molecule has 1 unspecified atom stereocenters. The van der Waals surface area contributed by atoms with Gasteiger partial charge in [0.1, 0.15) is 0 Å². The fourth-order valence-electron chi connectivity index (χ4n) is 3.79. The van der Waals surface area contributed by atoms with Gasteiger partial charge in [0.05, 0.1) is 24.2 Å². The molecule has 0 aromatic heterocycles. The van der Waals surface area contributed by atoms with Gasteiger partial charge in [-0.1, -0.05) is 42.5 Å². The van der Waals surface area contributed by atoms with Crippen LogP contribution in [-0.4, -0.2) is 44.9 Å². The average molecular weight is 439 g/mol. The van der Waals surface area contributed by atoms with Crippen molar-refractivity contribution >= 4 is 26.7 Å². The van der Waals surface area contributed by atoms with Crippen LogP contribution in [0.3, 0.4) is 0 Å². The monoisotopic (exact) mass is 438 g/mol. The molecule has 0 radical (unpaired) electrons. The highest BCUT2D eigenvalue weighted by atomic mass is 32.2. The highest BCUT2D eigenvalue weighted by Crippen LogP contribution is 2.24. The van der Waals surface area contributed by atoms with E-state index in [9.17, 15) is 13.2 Å². The largest absolute Gasteiger partial charge is 0.379 e. The molecule has 1 aliphatic rings. The first kappa shape index (κ1) is 21.5. The van der Waals surface area contributed by atoms with Crippen molar-refractivity contribution < 1.29 is 17.9 Å². The van der Waals surface area contributed by atoms with Crippen LogP contribution in [-0.2, 0) is 14.8 Å². The Morgan fingerprint density at radius 3 is 2.45 bits per heavy atom. The Bertz CT molecular complexity index is 1220. The number of hydrogen-bond donors (Lipinski definition) is 1. The Morgan fingerprint density at radius 2 is 1.71 bits per heavy atom. The van der Waals surface area contributed by atoms with Gasteiger partial charge in [-0.05, 0) is 53.9 Å². The number of carbonyl (C=O) groups excluding carboxylic acids is 1. The topological polar surface area (TPSA) is 75.7 Å². The van der Waals surface area contributed by atoms with Crippen LogP contribution in [0.1, 0.15) is 34.5 Å². The second-order valence-electron chi connectivity index (χ2n) is 7.80. The van der Waals surface area contributed by atoms with Crippen LogP contribution in [0.4, 0.5) is 0 Å². The molecule has 0 saturated carbocycles. The van der Waals surface area contributed by atoms with Crippen LogP contribution in [0.25, 0.3) is 10.8 Å². The lowest BCUT2D eigenvalue weighted by Gasteiger charge is -2.27. The molecule has 3 aromatic rings. The molecule has 1 aliphatic heterocycles. The SMILES string of the molecule is Cc1ccc(C(=O)NC(C)c2ccc3ccccc3c2)cc1S(=O)(=O)N1CCOCC1. The van der Waals surface area contributed by atoms with Crippen LogP contribution < -0.4 is 5.32 Å². The van der Waals surface area contributed by atoms with E-state index in [0.717, 1.165) is 16.3 Å². The summed E-state index contributed by atoms with van der Waals surface area (Å²) in [5, 5.41) is 5.23. The van der Waals surface area contributed by atoms with Crippen LogP contribution in [0.2, 0.25) is 0 Å². The number of aryl methyl sites for hydroxylation is 1. The maximum absolute atomic E-state index is 13.1. The zero-order valence-corrected chi connectivity index (χ0v) is 18.5. The molecule has 1 saturated heterocycles. The number of nitrogens with zero attached hydrogens (tertiary/aromatic N) is 1. The molecule has 1 heterocycles. The minimum atomic E-state index is -3.68. The van der Waals surface area contributed by atoms with Gasteiger partial charge in [0.25, 0.3) is 5.91 Å². The molecule has 0 aliphatic carbocycles. The van der Waals surface area contributed by atoms with E-state index in [2.05, 4.69) is 11.4 Å². The van der Waals surface area contributed by atoms with Crippen molar-refractivity contribution in [2.24, 2.45) is 0 Å². The molecule has 6 nitrogen and oxygen atoms in total. The molecule has 1 N–H and O–H groups in total. The van der Waals surface area contributed by atoms with Crippen molar-refractivity contribution in [2.45, 2.75) is 24.8 Å². The van der Waals surface area contributed by atoms with Gasteiger partial charge in [-0.15, -0.1) is 0 Å². The number of carbonyl (C=O) groups is 1. The highest BCUT2D eigenvalue weighted by Gasteiger charge is 2.28. The van der Waals surface area contributed by atoms with Crippen LogP contribution in [0.5, 0.6) is 0 Å². The number of amides is 1. The van der Waals surface area contributed by atoms with Crippen molar-refractivity contribution in [3.63, 3.8) is 0 Å². The van der Waals surface area contributed by atoms with Gasteiger partial charge < -0.3 is 10.1 Å². The summed E-state index contributed by atoms with van der Waals surface area (Å²) in [6.07, 6.45) is 0. The predicted molar refractivity (Wildman–Crippen MR) is 121 cm³/mol. The van der Waals surface area contributed by atoms with Gasteiger partial charge in [-0.25, -0.2) is 8.42 Å². The summed E-state index contributed by atoms with van der Waals surface area (Å²) in [5.41, 5.74) is 1.93. The van der Waals surface area contributed by atoms with Gasteiger partial charge >= 0.3 is 0 Å². The number of hydrogen-bond acceptors (Lipinski definition) is 4. The van der Waals surface area contributed by atoms with Crippen molar-refractivity contribution in [1.29, 1.82) is 0 Å². The Kier molecular flexibility index (Phi) is 6.09. The number of morpholine rings is 1. The quantitative estimate of drug-likeness (QED) is 0.660. The molecule has 3 aromatic carbocycles. The molecule has 162 valence electrons. The van der Waals surface area contributed by atoms with E-state index >= 15 is 0 Å². The van der Waals surface area contributed by atoms with E-state index in [1.54, 1.807) is 19.1 Å². The van der Waals surface area contributed by atoms with E-state index in [4.69, 9.17) is 4.74 Å². The lowest BCUT2D eigenvalue weighted by atomic mass is 10.0. The zero-order chi connectivity index (χ0) is 22.0. The summed E-state index contributed by atoms with van der Waals surface area (Å²) in [5.74, 6) is -0.306. The second kappa shape index (κ2) is 8.78. The Balaban J connectivity index is 1.56. The molecular weight excluding hydrogens is 412 g/mol. The van der Waals surface area contributed by atoms with Crippen molar-refractivity contribution in [3.8, 4) is 0 Å². The summed E-state index contributed by atoms with van der Waals surface area (Å²) < 4.78 is 32.9. The maximum atomic E-state index is 13.1. The molecule has 7 heteroatoms. The van der Waals surface area contributed by atoms with E-state index in [1.807, 2.05) is 43.3 Å². The van der Waals surface area contributed by atoms with Crippen molar-refractivity contribution in [3.05, 3.63) is 77.4 Å². The highest BCUT2D eigenvalue weighted by molar-refractivity contribution is 7.89. The number of sulfonamides is 1. The first-order chi connectivity index (χ1) is 14.9. The molecule has 4 rings (SSSR count). The van der Waals surface area contributed by atoms with E-state index in [0.29, 0.717) is 37.4 Å². The van der Waals surface area contributed by atoms with Crippen molar-refractivity contribution in [1.82, 2.24) is 9.62 Å². The normalized spacial score (nSPS) is 16.2. The van der Waals surface area contributed by atoms with Gasteiger partial charge in [0.2, 0.25) is 10.0 Å². The third kappa shape index (κ3) is 4.49. The fraction of sp³-hybridized carbons (Fsp3) is 0.292. The van der Waals surface area contributed by atoms with E-state index in [1.165, 1.54) is 10.4 Å². The number of nitrogens with one attached hydrogen (secondary N) is 1. The molecule has 1 amide bonds.